The van der Waals surface area contributed by atoms with Crippen LogP contribution in [0, 0.1) is 0 Å². The van der Waals surface area contributed by atoms with Crippen molar-refractivity contribution in [2.75, 3.05) is 7.05 Å². The van der Waals surface area contributed by atoms with Crippen LogP contribution in [0.25, 0.3) is 11.0 Å². The fourth-order valence-corrected chi connectivity index (χ4v) is 2.80. The Balaban J connectivity index is 2.02. The average Bonchev–Trinajstić information content (AvgIpc) is 3.23. The molecular formula is C15H19N3O3. The number of nitrogens with zero attached hydrogens (tertiary/aromatic N) is 2. The van der Waals surface area contributed by atoms with Crippen molar-refractivity contribution in [3.63, 3.8) is 0 Å². The Morgan fingerprint density at radius 2 is 2.24 bits per heavy atom. The van der Waals surface area contributed by atoms with Gasteiger partial charge in [0.1, 0.15) is 0 Å². The van der Waals surface area contributed by atoms with Gasteiger partial charge in [-0.2, -0.15) is 0 Å². The van der Waals surface area contributed by atoms with E-state index in [2.05, 4.69) is 23.9 Å². The molecule has 6 heteroatoms. The lowest BCUT2D eigenvalue weighted by atomic mass is 10.1. The number of hydrogen-bond donors (Lipinski definition) is 2. The van der Waals surface area contributed by atoms with Crippen molar-refractivity contribution < 1.29 is 9.90 Å². The molecule has 2 aromatic rings. The first-order valence-corrected chi connectivity index (χ1v) is 7.16. The maximum atomic E-state index is 12.2. The maximum Gasteiger partial charge on any atom is 0.337 e. The van der Waals surface area contributed by atoms with Crippen molar-refractivity contribution in [1.29, 1.82) is 0 Å². The fraction of sp³-hybridized carbons (Fsp3) is 0.467. The van der Waals surface area contributed by atoms with Crippen LogP contribution in [0.5, 0.6) is 0 Å². The van der Waals surface area contributed by atoms with Crippen molar-refractivity contribution >= 4 is 17.0 Å². The summed E-state index contributed by atoms with van der Waals surface area (Å²) in [5.41, 5.74) is 0.953. The Bertz CT molecular complexity index is 742. The quantitative estimate of drug-likeness (QED) is 0.874. The number of rotatable bonds is 5. The summed E-state index contributed by atoms with van der Waals surface area (Å²) in [6, 6.07) is 5.68. The molecule has 1 saturated carbocycles. The third-order valence-corrected chi connectivity index (χ3v) is 4.29. The van der Waals surface area contributed by atoms with Crippen LogP contribution < -0.4 is 5.69 Å². The fourth-order valence-electron chi connectivity index (χ4n) is 2.80. The molecule has 21 heavy (non-hydrogen) atoms. The molecule has 1 aromatic carbocycles. The number of H-pyrrole nitrogens is 1. The minimum absolute atomic E-state index is 0.159. The van der Waals surface area contributed by atoms with E-state index in [1.807, 2.05) is 0 Å². The van der Waals surface area contributed by atoms with Crippen molar-refractivity contribution in [1.82, 2.24) is 14.5 Å². The highest BCUT2D eigenvalue weighted by Gasteiger charge is 2.29. The SMILES string of the molecule is CC(Cn1c(=O)[nH]c2cccc(C(=O)O)c21)N(C)C1CC1. The lowest BCUT2D eigenvalue weighted by molar-refractivity contribution is 0.0698. The van der Waals surface area contributed by atoms with Gasteiger partial charge in [0, 0.05) is 18.6 Å². The van der Waals surface area contributed by atoms with E-state index in [0.717, 1.165) is 0 Å². The van der Waals surface area contributed by atoms with Gasteiger partial charge in [0.25, 0.3) is 0 Å². The van der Waals surface area contributed by atoms with E-state index < -0.39 is 5.97 Å². The van der Waals surface area contributed by atoms with E-state index in [1.165, 1.54) is 18.9 Å². The van der Waals surface area contributed by atoms with Crippen LogP contribution in [0.2, 0.25) is 0 Å². The first kappa shape index (κ1) is 13.9. The Morgan fingerprint density at radius 1 is 1.52 bits per heavy atom. The van der Waals surface area contributed by atoms with E-state index in [9.17, 15) is 14.7 Å². The molecule has 1 unspecified atom stereocenters. The summed E-state index contributed by atoms with van der Waals surface area (Å²) in [4.78, 5) is 28.5. The Hall–Kier alpha value is -2.08. The minimum Gasteiger partial charge on any atom is -0.478 e. The molecule has 1 aliphatic carbocycles. The number of carboxylic acids is 1. The number of aromatic nitrogens is 2. The van der Waals surface area contributed by atoms with Gasteiger partial charge in [-0.3, -0.25) is 9.47 Å². The van der Waals surface area contributed by atoms with Gasteiger partial charge in [-0.1, -0.05) is 6.07 Å². The van der Waals surface area contributed by atoms with Crippen LogP contribution in [0.3, 0.4) is 0 Å². The number of aromatic amines is 1. The van der Waals surface area contributed by atoms with E-state index in [1.54, 1.807) is 16.7 Å². The zero-order chi connectivity index (χ0) is 15.1. The molecule has 0 bridgehead atoms. The highest BCUT2D eigenvalue weighted by molar-refractivity contribution is 6.01. The van der Waals surface area contributed by atoms with Gasteiger partial charge in [0.2, 0.25) is 0 Å². The minimum atomic E-state index is -1.02. The lowest BCUT2D eigenvalue weighted by Gasteiger charge is -2.24. The molecular weight excluding hydrogens is 270 g/mol. The molecule has 0 aliphatic heterocycles. The number of carbonyl (C=O) groups is 1. The van der Waals surface area contributed by atoms with Crippen molar-refractivity contribution in [2.24, 2.45) is 0 Å². The van der Waals surface area contributed by atoms with Crippen LogP contribution in [0.15, 0.2) is 23.0 Å². The Labute approximate surface area is 122 Å². The summed E-state index contributed by atoms with van der Waals surface area (Å²) in [6.45, 7) is 2.54. The van der Waals surface area contributed by atoms with E-state index in [4.69, 9.17) is 0 Å². The standard InChI is InChI=1S/C15H19N3O3/c1-9(17(2)10-6-7-10)8-18-13-11(14(19)20)4-3-5-12(13)16-15(18)21/h3-5,9-10H,6-8H2,1-2H3,(H,16,21)(H,19,20). The second kappa shape index (κ2) is 5.04. The molecule has 0 radical (unpaired) electrons. The lowest BCUT2D eigenvalue weighted by Crippen LogP contribution is -2.36. The Kier molecular flexibility index (Phi) is 3.33. The van der Waals surface area contributed by atoms with Gasteiger partial charge < -0.3 is 10.1 Å². The second-order valence-electron chi connectivity index (χ2n) is 5.79. The van der Waals surface area contributed by atoms with E-state index in [0.29, 0.717) is 23.6 Å². The predicted molar refractivity (Wildman–Crippen MR) is 79.8 cm³/mol. The number of nitrogens with one attached hydrogen (secondary N) is 1. The zero-order valence-corrected chi connectivity index (χ0v) is 12.2. The second-order valence-corrected chi connectivity index (χ2v) is 5.79. The summed E-state index contributed by atoms with van der Waals surface area (Å²) in [5.74, 6) is -1.02. The number of imidazole rings is 1. The normalized spacial score (nSPS) is 16.5. The van der Waals surface area contributed by atoms with Gasteiger partial charge >= 0.3 is 11.7 Å². The van der Waals surface area contributed by atoms with Crippen LogP contribution >= 0.6 is 0 Å². The number of aromatic carboxylic acids is 1. The summed E-state index contributed by atoms with van der Waals surface area (Å²) >= 11 is 0. The third kappa shape index (κ3) is 2.47. The topological polar surface area (TPSA) is 78.3 Å². The van der Waals surface area contributed by atoms with Crippen LogP contribution in [-0.2, 0) is 6.54 Å². The van der Waals surface area contributed by atoms with Gasteiger partial charge in [-0.25, -0.2) is 9.59 Å². The summed E-state index contributed by atoms with van der Waals surface area (Å²) in [6.07, 6.45) is 2.40. The molecule has 6 nitrogen and oxygen atoms in total. The van der Waals surface area contributed by atoms with Crippen molar-refractivity contribution in [2.45, 2.75) is 38.4 Å². The molecule has 1 aliphatic rings. The zero-order valence-electron chi connectivity index (χ0n) is 12.2. The first-order chi connectivity index (χ1) is 9.99. The molecule has 1 fully saturated rings. The molecule has 1 atom stereocenters. The van der Waals surface area contributed by atoms with Gasteiger partial charge in [0.15, 0.2) is 0 Å². The van der Waals surface area contributed by atoms with Crippen LogP contribution in [-0.4, -0.2) is 44.7 Å². The summed E-state index contributed by atoms with van der Waals surface area (Å²) in [5, 5.41) is 9.32. The number of hydrogen-bond acceptors (Lipinski definition) is 3. The number of benzene rings is 1. The van der Waals surface area contributed by atoms with Crippen molar-refractivity contribution in [3.8, 4) is 0 Å². The average molecular weight is 289 g/mol. The molecule has 0 saturated heterocycles. The molecule has 0 amide bonds. The summed E-state index contributed by atoms with van der Waals surface area (Å²) in [7, 11) is 2.06. The molecule has 112 valence electrons. The highest BCUT2D eigenvalue weighted by Crippen LogP contribution is 2.27. The van der Waals surface area contributed by atoms with E-state index in [-0.39, 0.29) is 17.3 Å². The summed E-state index contributed by atoms with van der Waals surface area (Å²) < 4.78 is 1.54. The number of para-hydroxylation sites is 1. The molecule has 1 heterocycles. The van der Waals surface area contributed by atoms with E-state index >= 15 is 0 Å². The number of likely N-dealkylation sites (N-methyl/N-ethyl adjacent to an activating group) is 1. The van der Waals surface area contributed by atoms with Crippen molar-refractivity contribution in [3.05, 3.63) is 34.2 Å². The Morgan fingerprint density at radius 3 is 2.86 bits per heavy atom. The highest BCUT2D eigenvalue weighted by atomic mass is 16.4. The van der Waals surface area contributed by atoms with Gasteiger partial charge in [-0.05, 0) is 38.9 Å². The third-order valence-electron chi connectivity index (χ3n) is 4.29. The largest absolute Gasteiger partial charge is 0.478 e. The van der Waals surface area contributed by atoms with Gasteiger partial charge in [0.05, 0.1) is 16.6 Å². The van der Waals surface area contributed by atoms with Crippen LogP contribution in [0.4, 0.5) is 0 Å². The molecule has 0 spiro atoms. The molecule has 3 rings (SSSR count). The predicted octanol–water partition coefficient (Wildman–Crippen LogP) is 1.51. The molecule has 1 aromatic heterocycles. The van der Waals surface area contributed by atoms with Crippen LogP contribution in [0.1, 0.15) is 30.1 Å². The number of fused-ring (bicyclic) bond motifs is 1. The van der Waals surface area contributed by atoms with Gasteiger partial charge in [-0.15, -0.1) is 0 Å². The number of carboxylic acid groups (broad SMARTS) is 1. The monoisotopic (exact) mass is 289 g/mol. The molecule has 2 N–H and O–H groups in total. The maximum absolute atomic E-state index is 12.2. The smallest absolute Gasteiger partial charge is 0.337 e. The first-order valence-electron chi connectivity index (χ1n) is 7.16.